The summed E-state index contributed by atoms with van der Waals surface area (Å²) in [6.07, 6.45) is 7.59. The van der Waals surface area contributed by atoms with E-state index in [1.54, 1.807) is 0 Å². The maximum atomic E-state index is 9.62. The van der Waals surface area contributed by atoms with E-state index in [4.69, 9.17) is 4.74 Å². The molecular weight excluding hydrogens is 226 g/mol. The Morgan fingerprint density at radius 3 is 2.67 bits per heavy atom. The summed E-state index contributed by atoms with van der Waals surface area (Å²) in [4.78, 5) is 0. The third-order valence-electron chi connectivity index (χ3n) is 4.82. The SMILES string of the molecule is CC(C)C1CC(NCC2(CO)CCCC2)CCO1. The van der Waals surface area contributed by atoms with Gasteiger partial charge in [0.15, 0.2) is 0 Å². The predicted octanol–water partition coefficient (Wildman–Crippen LogP) is 2.33. The minimum atomic E-state index is 0.172. The summed E-state index contributed by atoms with van der Waals surface area (Å²) < 4.78 is 5.80. The van der Waals surface area contributed by atoms with Gasteiger partial charge in [0.25, 0.3) is 0 Å². The van der Waals surface area contributed by atoms with Gasteiger partial charge in [-0.1, -0.05) is 26.7 Å². The lowest BCUT2D eigenvalue weighted by Gasteiger charge is -2.35. The fourth-order valence-corrected chi connectivity index (χ4v) is 3.35. The van der Waals surface area contributed by atoms with Crippen LogP contribution in [0.5, 0.6) is 0 Å². The van der Waals surface area contributed by atoms with Crippen molar-refractivity contribution in [2.45, 2.75) is 64.5 Å². The number of nitrogens with one attached hydrogen (secondary N) is 1. The van der Waals surface area contributed by atoms with E-state index in [9.17, 15) is 5.11 Å². The van der Waals surface area contributed by atoms with Crippen LogP contribution >= 0.6 is 0 Å². The number of rotatable bonds is 5. The Morgan fingerprint density at radius 2 is 2.06 bits per heavy atom. The molecule has 0 bridgehead atoms. The molecule has 1 heterocycles. The van der Waals surface area contributed by atoms with E-state index < -0.39 is 0 Å². The third-order valence-corrected chi connectivity index (χ3v) is 4.82. The first-order valence-corrected chi connectivity index (χ1v) is 7.61. The van der Waals surface area contributed by atoms with E-state index in [1.165, 1.54) is 25.7 Å². The molecule has 18 heavy (non-hydrogen) atoms. The molecule has 0 amide bonds. The number of hydrogen-bond acceptors (Lipinski definition) is 3. The maximum absolute atomic E-state index is 9.62. The highest BCUT2D eigenvalue weighted by molar-refractivity contribution is 4.88. The van der Waals surface area contributed by atoms with Crippen molar-refractivity contribution in [3.8, 4) is 0 Å². The standard InChI is InChI=1S/C15H29NO2/c1-12(2)14-9-13(5-8-18-14)16-10-15(11-17)6-3-4-7-15/h12-14,16-17H,3-11H2,1-2H3. The summed E-state index contributed by atoms with van der Waals surface area (Å²) in [5.74, 6) is 0.605. The lowest BCUT2D eigenvalue weighted by molar-refractivity contribution is -0.0265. The molecule has 106 valence electrons. The van der Waals surface area contributed by atoms with E-state index >= 15 is 0 Å². The maximum Gasteiger partial charge on any atom is 0.0612 e. The lowest BCUT2D eigenvalue weighted by Crippen LogP contribution is -2.45. The van der Waals surface area contributed by atoms with Crippen LogP contribution in [0.15, 0.2) is 0 Å². The average molecular weight is 255 g/mol. The molecule has 1 aliphatic carbocycles. The highest BCUT2D eigenvalue weighted by Crippen LogP contribution is 2.37. The molecule has 0 radical (unpaired) electrons. The van der Waals surface area contributed by atoms with Gasteiger partial charge >= 0.3 is 0 Å². The molecule has 1 saturated heterocycles. The van der Waals surface area contributed by atoms with Gasteiger partial charge in [-0.05, 0) is 31.6 Å². The largest absolute Gasteiger partial charge is 0.396 e. The smallest absolute Gasteiger partial charge is 0.0612 e. The molecule has 0 aromatic heterocycles. The van der Waals surface area contributed by atoms with E-state index in [-0.39, 0.29) is 5.41 Å². The minimum Gasteiger partial charge on any atom is -0.396 e. The third kappa shape index (κ3) is 3.46. The van der Waals surface area contributed by atoms with Crippen molar-refractivity contribution >= 4 is 0 Å². The molecule has 0 aromatic rings. The summed E-state index contributed by atoms with van der Waals surface area (Å²) in [5, 5.41) is 13.3. The average Bonchev–Trinajstić information content (AvgIpc) is 2.86. The van der Waals surface area contributed by atoms with Crippen molar-refractivity contribution in [3.05, 3.63) is 0 Å². The van der Waals surface area contributed by atoms with Crippen LogP contribution in [-0.2, 0) is 4.74 Å². The molecule has 2 aliphatic rings. The van der Waals surface area contributed by atoms with Gasteiger partial charge in [0.2, 0.25) is 0 Å². The van der Waals surface area contributed by atoms with Crippen molar-refractivity contribution in [1.82, 2.24) is 5.32 Å². The first-order valence-electron chi connectivity index (χ1n) is 7.61. The molecule has 2 rings (SSSR count). The van der Waals surface area contributed by atoms with Crippen LogP contribution in [0.2, 0.25) is 0 Å². The van der Waals surface area contributed by atoms with Crippen LogP contribution < -0.4 is 5.32 Å². The Kier molecular flexibility index (Phi) is 5.05. The zero-order chi connectivity index (χ0) is 13.0. The molecule has 0 spiro atoms. The molecule has 2 N–H and O–H groups in total. The minimum absolute atomic E-state index is 0.172. The number of aliphatic hydroxyl groups excluding tert-OH is 1. The van der Waals surface area contributed by atoms with Crippen molar-refractivity contribution in [1.29, 1.82) is 0 Å². The van der Waals surface area contributed by atoms with Gasteiger partial charge in [-0.15, -0.1) is 0 Å². The zero-order valence-corrected chi connectivity index (χ0v) is 12.0. The number of hydrogen-bond donors (Lipinski definition) is 2. The summed E-state index contributed by atoms with van der Waals surface area (Å²) in [6.45, 7) is 6.68. The Balaban J connectivity index is 1.78. The first kappa shape index (κ1) is 14.3. The Morgan fingerprint density at radius 1 is 1.33 bits per heavy atom. The van der Waals surface area contributed by atoms with Crippen molar-refractivity contribution in [2.24, 2.45) is 11.3 Å². The second-order valence-electron chi connectivity index (χ2n) is 6.62. The van der Waals surface area contributed by atoms with E-state index in [2.05, 4.69) is 19.2 Å². The normalized spacial score (nSPS) is 32.0. The van der Waals surface area contributed by atoms with Gasteiger partial charge in [-0.2, -0.15) is 0 Å². The van der Waals surface area contributed by atoms with E-state index in [0.29, 0.717) is 24.7 Å². The van der Waals surface area contributed by atoms with Crippen LogP contribution in [0, 0.1) is 11.3 Å². The number of ether oxygens (including phenoxy) is 1. The van der Waals surface area contributed by atoms with Gasteiger partial charge in [0.1, 0.15) is 0 Å². The van der Waals surface area contributed by atoms with Crippen molar-refractivity contribution in [2.75, 3.05) is 19.8 Å². The van der Waals surface area contributed by atoms with Crippen molar-refractivity contribution < 1.29 is 9.84 Å². The molecule has 2 fully saturated rings. The molecule has 2 atom stereocenters. The molecular formula is C15H29NO2. The van der Waals surface area contributed by atoms with Crippen molar-refractivity contribution in [3.63, 3.8) is 0 Å². The van der Waals surface area contributed by atoms with Gasteiger partial charge in [-0.25, -0.2) is 0 Å². The van der Waals surface area contributed by atoms with Gasteiger partial charge in [0.05, 0.1) is 6.10 Å². The van der Waals surface area contributed by atoms with Gasteiger partial charge in [0, 0.05) is 31.2 Å². The van der Waals surface area contributed by atoms with Crippen LogP contribution in [0.1, 0.15) is 52.4 Å². The van der Waals surface area contributed by atoms with E-state index in [1.807, 2.05) is 0 Å². The molecule has 2 unspecified atom stereocenters. The summed E-state index contributed by atoms with van der Waals surface area (Å²) in [6, 6.07) is 0.579. The predicted molar refractivity (Wildman–Crippen MR) is 73.6 cm³/mol. The highest BCUT2D eigenvalue weighted by atomic mass is 16.5. The molecule has 1 saturated carbocycles. The molecule has 1 aliphatic heterocycles. The van der Waals surface area contributed by atoms with E-state index in [0.717, 1.165) is 26.0 Å². The fourth-order valence-electron chi connectivity index (χ4n) is 3.35. The Hall–Kier alpha value is -0.120. The fraction of sp³-hybridized carbons (Fsp3) is 1.00. The van der Waals surface area contributed by atoms with Crippen LogP contribution in [-0.4, -0.2) is 37.0 Å². The molecule has 0 aromatic carbocycles. The Labute approximate surface area is 111 Å². The lowest BCUT2D eigenvalue weighted by atomic mass is 9.86. The summed E-state index contributed by atoms with van der Waals surface area (Å²) in [7, 11) is 0. The quantitative estimate of drug-likeness (QED) is 0.792. The summed E-state index contributed by atoms with van der Waals surface area (Å²) >= 11 is 0. The number of aliphatic hydroxyl groups is 1. The molecule has 3 heteroatoms. The first-order chi connectivity index (χ1) is 8.65. The zero-order valence-electron chi connectivity index (χ0n) is 12.0. The second kappa shape index (κ2) is 6.36. The Bertz CT molecular complexity index is 249. The second-order valence-corrected chi connectivity index (χ2v) is 6.62. The van der Waals surface area contributed by atoms with Crippen LogP contribution in [0.25, 0.3) is 0 Å². The van der Waals surface area contributed by atoms with Crippen LogP contribution in [0.4, 0.5) is 0 Å². The monoisotopic (exact) mass is 255 g/mol. The molecule has 3 nitrogen and oxygen atoms in total. The summed E-state index contributed by atoms with van der Waals surface area (Å²) in [5.41, 5.74) is 0.172. The van der Waals surface area contributed by atoms with Gasteiger partial charge < -0.3 is 15.2 Å². The topological polar surface area (TPSA) is 41.5 Å². The van der Waals surface area contributed by atoms with Gasteiger partial charge in [-0.3, -0.25) is 0 Å². The highest BCUT2D eigenvalue weighted by Gasteiger charge is 2.34. The van der Waals surface area contributed by atoms with Crippen LogP contribution in [0.3, 0.4) is 0 Å².